The van der Waals surface area contributed by atoms with Crippen molar-refractivity contribution in [1.29, 1.82) is 5.26 Å². The van der Waals surface area contributed by atoms with E-state index < -0.39 is 0 Å². The van der Waals surface area contributed by atoms with Crippen molar-refractivity contribution in [3.8, 4) is 6.07 Å². The van der Waals surface area contributed by atoms with Gasteiger partial charge >= 0.3 is 0 Å². The summed E-state index contributed by atoms with van der Waals surface area (Å²) < 4.78 is 7.18. The van der Waals surface area contributed by atoms with Crippen LogP contribution in [0.2, 0.25) is 0 Å². The summed E-state index contributed by atoms with van der Waals surface area (Å²) in [4.78, 5) is 12.1. The predicted molar refractivity (Wildman–Crippen MR) is 93.0 cm³/mol. The van der Waals surface area contributed by atoms with Crippen LogP contribution in [-0.2, 0) is 11.3 Å². The van der Waals surface area contributed by atoms with E-state index in [2.05, 4.69) is 21.6 Å². The van der Waals surface area contributed by atoms with Crippen molar-refractivity contribution in [2.45, 2.75) is 18.1 Å². The molecule has 0 aliphatic carbocycles. The molecule has 0 aliphatic rings. The number of nitrogens with zero attached hydrogens (tertiary/aromatic N) is 4. The maximum atomic E-state index is 12.1. The standard InChI is InChI=1S/C17H15N5O2S/c18-10-13-4-1-2-6-15(13)20-16(23)7-9-25-17-21-19-12-22(17)11-14-5-3-8-24-14/h1-6,8,12H,7,9,11H2,(H,20,23). The average molecular weight is 353 g/mol. The van der Waals surface area contributed by atoms with Crippen molar-refractivity contribution in [1.82, 2.24) is 14.8 Å². The van der Waals surface area contributed by atoms with Crippen LogP contribution in [0.4, 0.5) is 5.69 Å². The second-order valence-electron chi connectivity index (χ2n) is 5.12. The summed E-state index contributed by atoms with van der Waals surface area (Å²) in [5.74, 6) is 1.22. The van der Waals surface area contributed by atoms with Gasteiger partial charge in [0.2, 0.25) is 5.91 Å². The fraction of sp³-hybridized carbons (Fsp3) is 0.176. The summed E-state index contributed by atoms with van der Waals surface area (Å²) in [5, 5.41) is 20.5. The molecular weight excluding hydrogens is 338 g/mol. The summed E-state index contributed by atoms with van der Waals surface area (Å²) in [7, 11) is 0. The molecule has 0 unspecified atom stereocenters. The molecular formula is C17H15N5O2S. The van der Waals surface area contributed by atoms with Gasteiger partial charge in [-0.3, -0.25) is 4.79 Å². The lowest BCUT2D eigenvalue weighted by Crippen LogP contribution is -2.13. The number of nitriles is 1. The first-order valence-corrected chi connectivity index (χ1v) is 8.57. The zero-order valence-electron chi connectivity index (χ0n) is 13.3. The van der Waals surface area contributed by atoms with Gasteiger partial charge in [-0.05, 0) is 24.3 Å². The number of carbonyl (C=O) groups excluding carboxylic acids is 1. The number of nitrogens with one attached hydrogen (secondary N) is 1. The van der Waals surface area contributed by atoms with Crippen molar-refractivity contribution in [2.24, 2.45) is 0 Å². The third kappa shape index (κ3) is 4.49. The molecule has 0 radical (unpaired) electrons. The Balaban J connectivity index is 1.51. The number of aromatic nitrogens is 3. The largest absolute Gasteiger partial charge is 0.467 e. The highest BCUT2D eigenvalue weighted by Gasteiger charge is 2.10. The number of thioether (sulfide) groups is 1. The molecule has 2 aromatic heterocycles. The first-order valence-electron chi connectivity index (χ1n) is 7.58. The van der Waals surface area contributed by atoms with E-state index in [9.17, 15) is 4.79 Å². The highest BCUT2D eigenvalue weighted by atomic mass is 32.2. The fourth-order valence-electron chi connectivity index (χ4n) is 2.17. The van der Waals surface area contributed by atoms with Gasteiger partial charge < -0.3 is 14.3 Å². The Morgan fingerprint density at radius 1 is 1.32 bits per heavy atom. The average Bonchev–Trinajstić information content (AvgIpc) is 3.28. The van der Waals surface area contributed by atoms with Crippen molar-refractivity contribution in [2.75, 3.05) is 11.1 Å². The van der Waals surface area contributed by atoms with Crippen LogP contribution < -0.4 is 5.32 Å². The van der Waals surface area contributed by atoms with Crippen molar-refractivity contribution < 1.29 is 9.21 Å². The summed E-state index contributed by atoms with van der Waals surface area (Å²) in [6, 6.07) is 12.7. The van der Waals surface area contributed by atoms with Crippen LogP contribution in [0.1, 0.15) is 17.7 Å². The minimum absolute atomic E-state index is 0.146. The minimum atomic E-state index is -0.146. The number of rotatable bonds is 7. The smallest absolute Gasteiger partial charge is 0.225 e. The van der Waals surface area contributed by atoms with Gasteiger partial charge in [0, 0.05) is 12.2 Å². The molecule has 8 heteroatoms. The number of benzene rings is 1. The lowest BCUT2D eigenvalue weighted by molar-refractivity contribution is -0.115. The first kappa shape index (κ1) is 16.8. The summed E-state index contributed by atoms with van der Waals surface area (Å²) in [5.41, 5.74) is 0.975. The third-order valence-corrected chi connectivity index (χ3v) is 4.35. The van der Waals surface area contributed by atoms with E-state index >= 15 is 0 Å². The van der Waals surface area contributed by atoms with E-state index in [0.29, 0.717) is 30.0 Å². The van der Waals surface area contributed by atoms with Crippen LogP contribution in [0.25, 0.3) is 0 Å². The van der Waals surface area contributed by atoms with Gasteiger partial charge in [0.05, 0.1) is 24.1 Å². The number of anilines is 1. The van der Waals surface area contributed by atoms with Crippen molar-refractivity contribution in [3.63, 3.8) is 0 Å². The number of hydrogen-bond acceptors (Lipinski definition) is 6. The van der Waals surface area contributed by atoms with Crippen LogP contribution in [0.15, 0.2) is 58.6 Å². The Bertz CT molecular complexity index is 883. The van der Waals surface area contributed by atoms with Crippen LogP contribution in [0, 0.1) is 11.3 Å². The molecule has 2 heterocycles. The molecule has 0 fully saturated rings. The van der Waals surface area contributed by atoms with E-state index in [1.807, 2.05) is 16.7 Å². The quantitative estimate of drug-likeness (QED) is 0.656. The summed E-state index contributed by atoms with van der Waals surface area (Å²) in [6.07, 6.45) is 3.56. The molecule has 0 bridgehead atoms. The van der Waals surface area contributed by atoms with Crippen molar-refractivity contribution in [3.05, 3.63) is 60.3 Å². The van der Waals surface area contributed by atoms with E-state index in [1.54, 1.807) is 36.9 Å². The zero-order valence-corrected chi connectivity index (χ0v) is 14.1. The van der Waals surface area contributed by atoms with Gasteiger partial charge in [-0.15, -0.1) is 10.2 Å². The Morgan fingerprint density at radius 3 is 3.00 bits per heavy atom. The molecule has 3 rings (SSSR count). The molecule has 0 atom stereocenters. The van der Waals surface area contributed by atoms with Crippen LogP contribution in [0.3, 0.4) is 0 Å². The highest BCUT2D eigenvalue weighted by Crippen LogP contribution is 2.18. The molecule has 0 saturated carbocycles. The van der Waals surface area contributed by atoms with E-state index in [4.69, 9.17) is 9.68 Å². The van der Waals surface area contributed by atoms with Crippen LogP contribution in [-0.4, -0.2) is 26.4 Å². The molecule has 0 spiro atoms. The minimum Gasteiger partial charge on any atom is -0.467 e. The number of amides is 1. The summed E-state index contributed by atoms with van der Waals surface area (Å²) >= 11 is 1.45. The fourth-order valence-corrected chi connectivity index (χ4v) is 3.02. The normalized spacial score (nSPS) is 10.4. The number of para-hydroxylation sites is 1. The molecule has 3 aromatic rings. The highest BCUT2D eigenvalue weighted by molar-refractivity contribution is 7.99. The Labute approximate surface area is 148 Å². The molecule has 1 aromatic carbocycles. The Hall–Kier alpha value is -3.05. The second-order valence-corrected chi connectivity index (χ2v) is 6.19. The number of carbonyl (C=O) groups is 1. The van der Waals surface area contributed by atoms with Gasteiger partial charge in [-0.1, -0.05) is 23.9 Å². The third-order valence-electron chi connectivity index (χ3n) is 3.37. The SMILES string of the molecule is N#Cc1ccccc1NC(=O)CCSc1nncn1Cc1ccco1. The molecule has 1 amide bonds. The summed E-state index contributed by atoms with van der Waals surface area (Å²) in [6.45, 7) is 0.546. The van der Waals surface area contributed by atoms with Crippen LogP contribution in [0.5, 0.6) is 0 Å². The van der Waals surface area contributed by atoms with Crippen LogP contribution >= 0.6 is 11.8 Å². The van der Waals surface area contributed by atoms with Gasteiger partial charge in [0.1, 0.15) is 18.2 Å². The van der Waals surface area contributed by atoms with E-state index in [1.165, 1.54) is 11.8 Å². The number of furan rings is 1. The number of hydrogen-bond donors (Lipinski definition) is 1. The lowest BCUT2D eigenvalue weighted by Gasteiger charge is -2.07. The maximum absolute atomic E-state index is 12.1. The predicted octanol–water partition coefficient (Wildman–Crippen LogP) is 2.91. The Kier molecular flexibility index (Phi) is 5.49. The maximum Gasteiger partial charge on any atom is 0.225 e. The van der Waals surface area contributed by atoms with Crippen molar-refractivity contribution >= 4 is 23.4 Å². The van der Waals surface area contributed by atoms with Gasteiger partial charge in [0.15, 0.2) is 5.16 Å². The lowest BCUT2D eigenvalue weighted by atomic mass is 10.2. The van der Waals surface area contributed by atoms with Gasteiger partial charge in [0.25, 0.3) is 0 Å². The zero-order chi connectivity index (χ0) is 17.5. The molecule has 126 valence electrons. The van der Waals surface area contributed by atoms with E-state index in [-0.39, 0.29) is 5.91 Å². The van der Waals surface area contributed by atoms with Gasteiger partial charge in [-0.2, -0.15) is 5.26 Å². The Morgan fingerprint density at radius 2 is 2.20 bits per heavy atom. The van der Waals surface area contributed by atoms with E-state index in [0.717, 1.165) is 10.9 Å². The molecule has 25 heavy (non-hydrogen) atoms. The molecule has 1 N–H and O–H groups in total. The second kappa shape index (κ2) is 8.17. The molecule has 7 nitrogen and oxygen atoms in total. The molecule has 0 saturated heterocycles. The molecule has 0 aliphatic heterocycles. The monoisotopic (exact) mass is 353 g/mol. The topological polar surface area (TPSA) is 96.7 Å². The first-order chi connectivity index (χ1) is 12.3. The van der Waals surface area contributed by atoms with Gasteiger partial charge in [-0.25, -0.2) is 0 Å².